The molecule has 5 N–H and O–H groups in total. The summed E-state index contributed by atoms with van der Waals surface area (Å²) >= 11 is 0. The van der Waals surface area contributed by atoms with Crippen LogP contribution in [0.15, 0.2) is 40.8 Å². The van der Waals surface area contributed by atoms with Crippen molar-refractivity contribution < 1.29 is 29.3 Å². The van der Waals surface area contributed by atoms with Crippen molar-refractivity contribution in [2.24, 2.45) is 5.73 Å². The fourth-order valence-corrected chi connectivity index (χ4v) is 1.99. The first-order valence-corrected chi connectivity index (χ1v) is 6.46. The summed E-state index contributed by atoms with van der Waals surface area (Å²) in [5.74, 6) is -1.67. The molecule has 7 heteroatoms. The predicted molar refractivity (Wildman–Crippen MR) is 75.9 cm³/mol. The van der Waals surface area contributed by atoms with Crippen molar-refractivity contribution in [3.63, 3.8) is 0 Å². The number of aromatic carboxylic acids is 1. The topological polar surface area (TPSA) is 134 Å². The summed E-state index contributed by atoms with van der Waals surface area (Å²) in [6.07, 6.45) is -2.87. The first-order valence-electron chi connectivity index (χ1n) is 6.46. The van der Waals surface area contributed by atoms with Crippen LogP contribution in [0.25, 0.3) is 11.3 Å². The molecule has 1 amide bonds. The van der Waals surface area contributed by atoms with Crippen LogP contribution in [0.2, 0.25) is 0 Å². The van der Waals surface area contributed by atoms with E-state index in [0.717, 1.165) is 0 Å². The number of aliphatic hydroxyl groups excluding tert-OH is 2. The third-order valence-corrected chi connectivity index (χ3v) is 3.13. The molecular weight excluding hydrogens is 290 g/mol. The molecule has 0 saturated carbocycles. The molecule has 1 aromatic carbocycles. The molecule has 7 nitrogen and oxygen atoms in total. The number of aliphatic hydroxyl groups is 2. The molecule has 0 bridgehead atoms. The lowest BCUT2D eigenvalue weighted by Crippen LogP contribution is -2.25. The molecule has 2 aromatic rings. The average molecular weight is 305 g/mol. The second kappa shape index (κ2) is 6.42. The van der Waals surface area contributed by atoms with Crippen molar-refractivity contribution in [3.05, 3.63) is 47.7 Å². The molecule has 1 heterocycles. The van der Waals surface area contributed by atoms with E-state index >= 15 is 0 Å². The largest absolute Gasteiger partial charge is 0.475 e. The number of carbonyl (C=O) groups is 2. The Kier molecular flexibility index (Phi) is 4.59. The molecule has 0 aliphatic heterocycles. The highest BCUT2D eigenvalue weighted by atomic mass is 16.4. The minimum Gasteiger partial charge on any atom is -0.475 e. The Hall–Kier alpha value is -2.64. The number of furan rings is 1. The SMILES string of the molecule is NC(=O)CC(O)C(O)c1ccc(-c2ccc(C(=O)O)o2)cc1. The van der Waals surface area contributed by atoms with Crippen molar-refractivity contribution in [1.82, 2.24) is 0 Å². The molecule has 2 rings (SSSR count). The lowest BCUT2D eigenvalue weighted by Gasteiger charge is -2.16. The van der Waals surface area contributed by atoms with Crippen molar-refractivity contribution >= 4 is 11.9 Å². The van der Waals surface area contributed by atoms with Gasteiger partial charge < -0.3 is 25.5 Å². The molecule has 0 spiro atoms. The van der Waals surface area contributed by atoms with Gasteiger partial charge in [-0.1, -0.05) is 24.3 Å². The Morgan fingerprint density at radius 1 is 1.09 bits per heavy atom. The first-order chi connectivity index (χ1) is 10.4. The van der Waals surface area contributed by atoms with E-state index in [1.165, 1.54) is 12.1 Å². The number of primary amides is 1. The van der Waals surface area contributed by atoms with Gasteiger partial charge in [-0.25, -0.2) is 4.79 Å². The van der Waals surface area contributed by atoms with Gasteiger partial charge in [0.05, 0.1) is 12.5 Å². The van der Waals surface area contributed by atoms with Crippen LogP contribution < -0.4 is 5.73 Å². The standard InChI is InChI=1S/C15H15NO6/c16-13(18)7-10(17)14(19)9-3-1-8(2-4-9)11-5-6-12(22-11)15(20)21/h1-6,10,14,17,19H,7H2,(H2,16,18)(H,20,21). The number of hydrogen-bond acceptors (Lipinski definition) is 5. The second-order valence-electron chi connectivity index (χ2n) is 4.77. The van der Waals surface area contributed by atoms with Crippen LogP contribution in [0, 0.1) is 0 Å². The van der Waals surface area contributed by atoms with Crippen LogP contribution in [-0.4, -0.2) is 33.3 Å². The zero-order valence-corrected chi connectivity index (χ0v) is 11.5. The number of amides is 1. The molecular formula is C15H15NO6. The molecule has 2 atom stereocenters. The van der Waals surface area contributed by atoms with E-state index in [-0.39, 0.29) is 12.2 Å². The third kappa shape index (κ3) is 3.51. The molecule has 1 aromatic heterocycles. The van der Waals surface area contributed by atoms with E-state index in [1.807, 2.05) is 0 Å². The van der Waals surface area contributed by atoms with E-state index in [9.17, 15) is 19.8 Å². The minimum absolute atomic E-state index is 0.170. The average Bonchev–Trinajstić information content (AvgIpc) is 2.96. The Bertz CT molecular complexity index is 676. The maximum absolute atomic E-state index is 10.8. The Balaban J connectivity index is 2.15. The molecule has 0 aliphatic carbocycles. The maximum atomic E-state index is 10.8. The van der Waals surface area contributed by atoms with Gasteiger partial charge in [-0.3, -0.25) is 4.79 Å². The maximum Gasteiger partial charge on any atom is 0.371 e. The van der Waals surface area contributed by atoms with Gasteiger partial charge in [0.1, 0.15) is 11.9 Å². The van der Waals surface area contributed by atoms with Gasteiger partial charge in [-0.15, -0.1) is 0 Å². The highest BCUT2D eigenvalue weighted by molar-refractivity contribution is 5.85. The highest BCUT2D eigenvalue weighted by Gasteiger charge is 2.20. The zero-order chi connectivity index (χ0) is 16.3. The van der Waals surface area contributed by atoms with Gasteiger partial charge in [-0.2, -0.15) is 0 Å². The summed E-state index contributed by atoms with van der Waals surface area (Å²) in [4.78, 5) is 21.5. The summed E-state index contributed by atoms with van der Waals surface area (Å²) in [5, 5.41) is 28.4. The first kappa shape index (κ1) is 15.7. The van der Waals surface area contributed by atoms with Crippen LogP contribution in [0.3, 0.4) is 0 Å². The normalized spacial score (nSPS) is 13.5. The van der Waals surface area contributed by atoms with Gasteiger partial charge >= 0.3 is 5.97 Å². The molecule has 0 aliphatic rings. The number of carbonyl (C=O) groups excluding carboxylic acids is 1. The van der Waals surface area contributed by atoms with Crippen molar-refractivity contribution in [3.8, 4) is 11.3 Å². The van der Waals surface area contributed by atoms with Gasteiger partial charge in [-0.05, 0) is 17.7 Å². The van der Waals surface area contributed by atoms with Gasteiger partial charge in [0.25, 0.3) is 0 Å². The molecule has 0 fully saturated rings. The van der Waals surface area contributed by atoms with Gasteiger partial charge in [0.2, 0.25) is 11.7 Å². The molecule has 0 radical (unpaired) electrons. The number of nitrogens with two attached hydrogens (primary N) is 1. The predicted octanol–water partition coefficient (Wildman–Crippen LogP) is 0.914. The number of rotatable bonds is 6. The van der Waals surface area contributed by atoms with E-state index in [2.05, 4.69) is 0 Å². The highest BCUT2D eigenvalue weighted by Crippen LogP contribution is 2.25. The monoisotopic (exact) mass is 305 g/mol. The quantitative estimate of drug-likeness (QED) is 0.627. The number of benzene rings is 1. The minimum atomic E-state index is -1.29. The molecule has 22 heavy (non-hydrogen) atoms. The van der Waals surface area contributed by atoms with Crippen LogP contribution in [0.5, 0.6) is 0 Å². The zero-order valence-electron chi connectivity index (χ0n) is 11.5. The van der Waals surface area contributed by atoms with Crippen LogP contribution >= 0.6 is 0 Å². The number of carboxylic acid groups (broad SMARTS) is 1. The van der Waals surface area contributed by atoms with Crippen LogP contribution in [-0.2, 0) is 4.79 Å². The molecule has 2 unspecified atom stereocenters. The molecule has 0 saturated heterocycles. The summed E-state index contributed by atoms with van der Waals surface area (Å²) < 4.78 is 5.16. The van der Waals surface area contributed by atoms with E-state index in [4.69, 9.17) is 15.3 Å². The van der Waals surface area contributed by atoms with Crippen molar-refractivity contribution in [2.45, 2.75) is 18.6 Å². The number of carboxylic acids is 1. The molecule has 116 valence electrons. The number of hydrogen-bond donors (Lipinski definition) is 4. The van der Waals surface area contributed by atoms with E-state index in [1.54, 1.807) is 24.3 Å². The summed E-state index contributed by atoms with van der Waals surface area (Å²) in [6, 6.07) is 9.19. The Morgan fingerprint density at radius 2 is 1.73 bits per heavy atom. The van der Waals surface area contributed by atoms with E-state index in [0.29, 0.717) is 16.9 Å². The van der Waals surface area contributed by atoms with Crippen molar-refractivity contribution in [2.75, 3.05) is 0 Å². The van der Waals surface area contributed by atoms with E-state index < -0.39 is 24.1 Å². The fraction of sp³-hybridized carbons (Fsp3) is 0.200. The van der Waals surface area contributed by atoms with Gasteiger partial charge in [0, 0.05) is 5.56 Å². The summed E-state index contributed by atoms with van der Waals surface area (Å²) in [7, 11) is 0. The van der Waals surface area contributed by atoms with Crippen LogP contribution in [0.1, 0.15) is 28.6 Å². The van der Waals surface area contributed by atoms with Crippen molar-refractivity contribution in [1.29, 1.82) is 0 Å². The lowest BCUT2D eigenvalue weighted by atomic mass is 10.00. The Labute approximate surface area is 125 Å². The van der Waals surface area contributed by atoms with Gasteiger partial charge in [0.15, 0.2) is 0 Å². The second-order valence-corrected chi connectivity index (χ2v) is 4.77. The summed E-state index contributed by atoms with van der Waals surface area (Å²) in [5.41, 5.74) is 5.99. The lowest BCUT2D eigenvalue weighted by molar-refractivity contribution is -0.121. The Morgan fingerprint density at radius 3 is 2.23 bits per heavy atom. The van der Waals surface area contributed by atoms with Crippen LogP contribution in [0.4, 0.5) is 0 Å². The fourth-order valence-electron chi connectivity index (χ4n) is 1.99. The smallest absolute Gasteiger partial charge is 0.371 e. The third-order valence-electron chi connectivity index (χ3n) is 3.13. The summed E-state index contributed by atoms with van der Waals surface area (Å²) in [6.45, 7) is 0.